The van der Waals surface area contributed by atoms with Gasteiger partial charge in [-0.2, -0.15) is 0 Å². The van der Waals surface area contributed by atoms with Gasteiger partial charge in [-0.3, -0.25) is 0 Å². The van der Waals surface area contributed by atoms with Crippen molar-refractivity contribution < 1.29 is 14.6 Å². The molecular weight excluding hydrogens is 236 g/mol. The minimum absolute atomic E-state index is 0.0860. The maximum absolute atomic E-state index is 11.3. The molecule has 4 heteroatoms. The van der Waals surface area contributed by atoms with Crippen LogP contribution in [0, 0.1) is 0 Å². The Morgan fingerprint density at radius 1 is 1.35 bits per heavy atom. The number of thioether (sulfide) groups is 1. The van der Waals surface area contributed by atoms with Crippen molar-refractivity contribution in [2.75, 3.05) is 6.61 Å². The summed E-state index contributed by atoms with van der Waals surface area (Å²) in [5, 5.41) is 9.48. The molecule has 1 saturated carbocycles. The second kappa shape index (κ2) is 6.45. The van der Waals surface area contributed by atoms with Crippen LogP contribution in [0.3, 0.4) is 0 Å². The smallest absolute Gasteiger partial charge is 0.332 e. The zero-order valence-corrected chi connectivity index (χ0v) is 10.9. The molecule has 17 heavy (non-hydrogen) atoms. The monoisotopic (exact) mass is 256 g/mol. The summed E-state index contributed by atoms with van der Waals surface area (Å²) in [6.07, 6.45) is 9.52. The molecule has 0 saturated heterocycles. The lowest BCUT2D eigenvalue weighted by Crippen LogP contribution is -2.16. The maximum Gasteiger partial charge on any atom is 0.332 e. The molecule has 0 spiro atoms. The standard InChI is InChI=1S/C13H20O3S/c14-8-4-5-10-9-12(15)16-13(10)17-11-6-2-1-3-7-11/h9,11,13-14H,1-8H2. The van der Waals surface area contributed by atoms with Gasteiger partial charge in [0.2, 0.25) is 0 Å². The van der Waals surface area contributed by atoms with E-state index in [0.717, 1.165) is 12.0 Å². The summed E-state index contributed by atoms with van der Waals surface area (Å²) in [4.78, 5) is 11.3. The lowest BCUT2D eigenvalue weighted by atomic mass is 10.0. The first-order valence-corrected chi connectivity index (χ1v) is 7.41. The van der Waals surface area contributed by atoms with Crippen LogP contribution >= 0.6 is 11.8 Å². The summed E-state index contributed by atoms with van der Waals surface area (Å²) in [5.41, 5.74) is 0.969. The van der Waals surface area contributed by atoms with Crippen LogP contribution in [0.2, 0.25) is 0 Å². The maximum atomic E-state index is 11.3. The summed E-state index contributed by atoms with van der Waals surface area (Å²) in [5.74, 6) is -0.216. The lowest BCUT2D eigenvalue weighted by Gasteiger charge is -2.24. The Hall–Kier alpha value is -0.480. The van der Waals surface area contributed by atoms with Gasteiger partial charge in [-0.15, -0.1) is 11.8 Å². The first-order chi connectivity index (χ1) is 8.29. The van der Waals surface area contributed by atoms with E-state index in [4.69, 9.17) is 9.84 Å². The van der Waals surface area contributed by atoms with Crippen molar-refractivity contribution >= 4 is 17.7 Å². The van der Waals surface area contributed by atoms with Crippen molar-refractivity contribution in [1.82, 2.24) is 0 Å². The third-order valence-electron chi connectivity index (χ3n) is 3.32. The van der Waals surface area contributed by atoms with Gasteiger partial charge in [-0.05, 0) is 31.3 Å². The number of ether oxygens (including phenoxy) is 1. The second-order valence-corrected chi connectivity index (χ2v) is 6.08. The van der Waals surface area contributed by atoms with Crippen molar-refractivity contribution in [3.8, 4) is 0 Å². The number of rotatable bonds is 5. The van der Waals surface area contributed by atoms with E-state index in [0.29, 0.717) is 11.7 Å². The van der Waals surface area contributed by atoms with E-state index in [-0.39, 0.29) is 18.0 Å². The van der Waals surface area contributed by atoms with Crippen LogP contribution in [0.1, 0.15) is 44.9 Å². The minimum Gasteiger partial charge on any atom is -0.443 e. The molecule has 0 aromatic rings. The minimum atomic E-state index is -0.216. The molecule has 1 heterocycles. The number of esters is 1. The SMILES string of the molecule is O=C1C=C(CCCO)C(SC2CCCCC2)O1. The molecule has 0 radical (unpaired) electrons. The first-order valence-electron chi connectivity index (χ1n) is 6.47. The van der Waals surface area contributed by atoms with Gasteiger partial charge in [0.05, 0.1) is 0 Å². The predicted molar refractivity (Wildman–Crippen MR) is 68.7 cm³/mol. The molecule has 2 aliphatic rings. The summed E-state index contributed by atoms with van der Waals surface area (Å²) in [7, 11) is 0. The number of carbonyl (C=O) groups excluding carboxylic acids is 1. The fourth-order valence-corrected chi connectivity index (χ4v) is 3.87. The highest BCUT2D eigenvalue weighted by Crippen LogP contribution is 2.37. The van der Waals surface area contributed by atoms with Gasteiger partial charge in [0, 0.05) is 17.9 Å². The second-order valence-electron chi connectivity index (χ2n) is 4.71. The number of hydrogen-bond donors (Lipinski definition) is 1. The molecule has 1 aliphatic heterocycles. The lowest BCUT2D eigenvalue weighted by molar-refractivity contribution is -0.136. The Balaban J connectivity index is 1.86. The first kappa shape index (κ1) is 13.0. The fraction of sp³-hybridized carbons (Fsp3) is 0.769. The highest BCUT2D eigenvalue weighted by atomic mass is 32.2. The summed E-state index contributed by atoms with van der Waals surface area (Å²) < 4.78 is 5.32. The van der Waals surface area contributed by atoms with E-state index < -0.39 is 0 Å². The topological polar surface area (TPSA) is 46.5 Å². The van der Waals surface area contributed by atoms with Crippen LogP contribution in [0.25, 0.3) is 0 Å². The van der Waals surface area contributed by atoms with Gasteiger partial charge in [0.15, 0.2) is 5.44 Å². The van der Waals surface area contributed by atoms with Crippen molar-refractivity contribution in [1.29, 1.82) is 0 Å². The number of aliphatic hydroxyl groups excluding tert-OH is 1. The molecule has 0 aromatic heterocycles. The van der Waals surface area contributed by atoms with Crippen LogP contribution in [-0.2, 0) is 9.53 Å². The van der Waals surface area contributed by atoms with Crippen molar-refractivity contribution in [2.24, 2.45) is 0 Å². The fourth-order valence-electron chi connectivity index (χ4n) is 2.40. The number of carbonyl (C=O) groups is 1. The average Bonchev–Trinajstić information content (AvgIpc) is 2.68. The molecule has 96 valence electrons. The van der Waals surface area contributed by atoms with Crippen LogP contribution < -0.4 is 0 Å². The van der Waals surface area contributed by atoms with Gasteiger partial charge in [-0.25, -0.2) is 4.79 Å². The molecule has 1 atom stereocenters. The quantitative estimate of drug-likeness (QED) is 0.768. The highest BCUT2D eigenvalue weighted by molar-refractivity contribution is 8.00. The van der Waals surface area contributed by atoms with Crippen LogP contribution in [0.5, 0.6) is 0 Å². The van der Waals surface area contributed by atoms with E-state index >= 15 is 0 Å². The van der Waals surface area contributed by atoms with E-state index in [1.54, 1.807) is 17.8 Å². The molecule has 0 bridgehead atoms. The summed E-state index contributed by atoms with van der Waals surface area (Å²) in [6, 6.07) is 0. The Labute approximate surface area is 107 Å². The molecule has 3 nitrogen and oxygen atoms in total. The Morgan fingerprint density at radius 2 is 2.12 bits per heavy atom. The number of cyclic esters (lactones) is 1. The number of hydrogen-bond acceptors (Lipinski definition) is 4. The average molecular weight is 256 g/mol. The third-order valence-corrected chi connectivity index (χ3v) is 4.82. The van der Waals surface area contributed by atoms with Gasteiger partial charge in [0.25, 0.3) is 0 Å². The van der Waals surface area contributed by atoms with Gasteiger partial charge >= 0.3 is 5.97 Å². The Morgan fingerprint density at radius 3 is 2.82 bits per heavy atom. The van der Waals surface area contributed by atoms with Crippen LogP contribution in [-0.4, -0.2) is 28.4 Å². The predicted octanol–water partition coefficient (Wildman–Crippen LogP) is 2.63. The van der Waals surface area contributed by atoms with Crippen molar-refractivity contribution in [3.63, 3.8) is 0 Å². The Bertz CT molecular complexity index is 295. The van der Waals surface area contributed by atoms with Gasteiger partial charge < -0.3 is 9.84 Å². The van der Waals surface area contributed by atoms with Crippen molar-refractivity contribution in [3.05, 3.63) is 11.6 Å². The Kier molecular flexibility index (Phi) is 4.92. The van der Waals surface area contributed by atoms with E-state index in [1.807, 2.05) is 0 Å². The van der Waals surface area contributed by atoms with Crippen LogP contribution in [0.4, 0.5) is 0 Å². The highest BCUT2D eigenvalue weighted by Gasteiger charge is 2.29. The number of aliphatic hydroxyl groups is 1. The summed E-state index contributed by atoms with van der Waals surface area (Å²) >= 11 is 1.80. The van der Waals surface area contributed by atoms with E-state index in [9.17, 15) is 4.79 Å². The zero-order chi connectivity index (χ0) is 12.1. The molecule has 1 N–H and O–H groups in total. The van der Waals surface area contributed by atoms with E-state index in [2.05, 4.69) is 0 Å². The van der Waals surface area contributed by atoms with E-state index in [1.165, 1.54) is 32.1 Å². The van der Waals surface area contributed by atoms with Gasteiger partial charge in [0.1, 0.15) is 0 Å². The largest absolute Gasteiger partial charge is 0.443 e. The third kappa shape index (κ3) is 3.75. The van der Waals surface area contributed by atoms with Gasteiger partial charge in [-0.1, -0.05) is 19.3 Å². The van der Waals surface area contributed by atoms with Crippen LogP contribution in [0.15, 0.2) is 11.6 Å². The summed E-state index contributed by atoms with van der Waals surface area (Å²) in [6.45, 7) is 0.173. The normalized spacial score (nSPS) is 25.8. The zero-order valence-electron chi connectivity index (χ0n) is 10.1. The molecule has 0 amide bonds. The molecule has 1 aliphatic carbocycles. The molecular formula is C13H20O3S. The molecule has 2 rings (SSSR count). The molecule has 1 fully saturated rings. The molecule has 1 unspecified atom stereocenters. The van der Waals surface area contributed by atoms with Crippen molar-refractivity contribution in [2.45, 2.75) is 55.6 Å². The molecule has 0 aromatic carbocycles.